The molecule has 1 amide bonds. The van der Waals surface area contributed by atoms with Crippen LogP contribution in [0.4, 0.5) is 0 Å². The fourth-order valence-corrected chi connectivity index (χ4v) is 4.18. The normalized spacial score (nSPS) is 10.9. The van der Waals surface area contributed by atoms with E-state index in [1.807, 2.05) is 6.92 Å². The van der Waals surface area contributed by atoms with Gasteiger partial charge in [0.25, 0.3) is 5.91 Å². The third kappa shape index (κ3) is 5.72. The lowest BCUT2D eigenvalue weighted by Gasteiger charge is -2.08. The van der Waals surface area contributed by atoms with Crippen molar-refractivity contribution in [2.24, 2.45) is 0 Å². The molecule has 0 saturated heterocycles. The molecule has 5 aromatic rings. The minimum atomic E-state index is -1.32. The number of carboxylic acids is 2. The van der Waals surface area contributed by atoms with Gasteiger partial charge in [-0.25, -0.2) is 23.9 Å². The molecule has 15 nitrogen and oxygen atoms in total. The van der Waals surface area contributed by atoms with Gasteiger partial charge in [0, 0.05) is 12.1 Å². The molecular weight excluding hydrogens is 560 g/mol. The molecule has 5 N–H and O–H groups in total. The number of para-hydroxylation sites is 2. The third-order valence-electron chi connectivity index (χ3n) is 6.40. The van der Waals surface area contributed by atoms with Gasteiger partial charge in [-0.05, 0) is 42.8 Å². The molecule has 0 atom stereocenters. The van der Waals surface area contributed by atoms with E-state index >= 15 is 0 Å². The van der Waals surface area contributed by atoms with Crippen molar-refractivity contribution in [3.63, 3.8) is 0 Å². The maximum atomic E-state index is 13.0. The Bertz CT molecular complexity index is 1740. The molecule has 43 heavy (non-hydrogen) atoms. The number of nitrogens with zero attached hydrogens (tertiary/aromatic N) is 7. The molecule has 15 heteroatoms. The number of aromatic nitrogens is 7. The number of hydrogen-bond acceptors (Lipinski definition) is 10. The molecule has 0 saturated carbocycles. The Hall–Kier alpha value is -6.12. The second-order valence-corrected chi connectivity index (χ2v) is 9.29. The van der Waals surface area contributed by atoms with Crippen LogP contribution in [-0.2, 0) is 0 Å². The number of benzene rings is 2. The number of carboxylic acid groups (broad SMARTS) is 2. The van der Waals surface area contributed by atoms with Crippen LogP contribution in [0.1, 0.15) is 50.8 Å². The summed E-state index contributed by atoms with van der Waals surface area (Å²) in [4.78, 5) is 40.5. The molecule has 0 fully saturated rings. The van der Waals surface area contributed by atoms with Gasteiger partial charge >= 0.3 is 11.9 Å². The van der Waals surface area contributed by atoms with Crippen molar-refractivity contribution in [1.29, 1.82) is 0 Å². The van der Waals surface area contributed by atoms with Crippen LogP contribution in [0.15, 0.2) is 60.9 Å². The van der Waals surface area contributed by atoms with Crippen LogP contribution in [0.2, 0.25) is 0 Å². The van der Waals surface area contributed by atoms with Crippen molar-refractivity contribution in [2.45, 2.75) is 19.8 Å². The first kappa shape index (κ1) is 28.4. The minimum absolute atomic E-state index is 0.0682. The Morgan fingerprint density at radius 2 is 1.26 bits per heavy atom. The summed E-state index contributed by atoms with van der Waals surface area (Å²) in [7, 11) is 0. The van der Waals surface area contributed by atoms with Gasteiger partial charge in [0.05, 0.1) is 23.8 Å². The number of pyridine rings is 1. The van der Waals surface area contributed by atoms with E-state index in [9.17, 15) is 34.8 Å². The number of nitrogens with one attached hydrogen (secondary N) is 1. The van der Waals surface area contributed by atoms with E-state index in [4.69, 9.17) is 0 Å². The fraction of sp³-hybridized carbons (Fsp3) is 0.143. The number of carbonyl (C=O) groups excluding carboxylic acids is 1. The van der Waals surface area contributed by atoms with E-state index in [0.29, 0.717) is 6.54 Å². The molecule has 5 rings (SSSR count). The van der Waals surface area contributed by atoms with Gasteiger partial charge in [0.2, 0.25) is 0 Å². The lowest BCUT2D eigenvalue weighted by Crippen LogP contribution is -2.24. The fourth-order valence-electron chi connectivity index (χ4n) is 4.18. The summed E-state index contributed by atoms with van der Waals surface area (Å²) in [6, 6.07) is 11.3. The molecule has 3 heterocycles. The molecule has 0 spiro atoms. The van der Waals surface area contributed by atoms with Gasteiger partial charge in [-0.2, -0.15) is 0 Å². The highest BCUT2D eigenvalue weighted by Gasteiger charge is 2.20. The average Bonchev–Trinajstić information content (AvgIpc) is 3.68. The van der Waals surface area contributed by atoms with Crippen LogP contribution < -0.4 is 5.32 Å². The predicted molar refractivity (Wildman–Crippen MR) is 149 cm³/mol. The maximum Gasteiger partial charge on any atom is 0.339 e. The van der Waals surface area contributed by atoms with Gasteiger partial charge in [-0.15, -0.1) is 10.2 Å². The van der Waals surface area contributed by atoms with Crippen molar-refractivity contribution in [2.75, 3.05) is 6.54 Å². The van der Waals surface area contributed by atoms with E-state index in [0.717, 1.165) is 12.8 Å². The number of amides is 1. The highest BCUT2D eigenvalue weighted by molar-refractivity contribution is 5.96. The van der Waals surface area contributed by atoms with Crippen LogP contribution >= 0.6 is 0 Å². The first-order valence-corrected chi connectivity index (χ1v) is 12.9. The van der Waals surface area contributed by atoms with Crippen LogP contribution in [0.25, 0.3) is 34.2 Å². The second-order valence-electron chi connectivity index (χ2n) is 9.29. The highest BCUT2D eigenvalue weighted by Crippen LogP contribution is 2.29. The molecule has 218 valence electrons. The number of aromatic carboxylic acids is 2. The van der Waals surface area contributed by atoms with Gasteiger partial charge in [-0.3, -0.25) is 4.79 Å². The monoisotopic (exact) mass is 584 g/mol. The Morgan fingerprint density at radius 1 is 0.767 bits per heavy atom. The van der Waals surface area contributed by atoms with E-state index in [-0.39, 0.29) is 56.7 Å². The SMILES string of the molecule is CCCCNC(=O)c1cc(-c2cn(-c3cccc(C(=O)O)c3O)nn2)nc(-c2cn(-c3cccc(C(=O)O)c3O)nn2)c1. The molecule has 2 aromatic carbocycles. The Morgan fingerprint density at radius 3 is 1.70 bits per heavy atom. The maximum absolute atomic E-state index is 13.0. The quantitative estimate of drug-likeness (QED) is 0.150. The van der Waals surface area contributed by atoms with E-state index in [1.54, 1.807) is 0 Å². The largest absolute Gasteiger partial charge is 0.505 e. The smallest absolute Gasteiger partial charge is 0.339 e. The molecule has 0 radical (unpaired) electrons. The Kier molecular flexibility index (Phi) is 7.78. The van der Waals surface area contributed by atoms with Crippen LogP contribution in [0, 0.1) is 0 Å². The van der Waals surface area contributed by atoms with Gasteiger partial charge < -0.3 is 25.7 Å². The molecule has 0 aliphatic carbocycles. The van der Waals surface area contributed by atoms with Gasteiger partial charge in [0.1, 0.15) is 33.9 Å². The lowest BCUT2D eigenvalue weighted by atomic mass is 10.1. The standard InChI is InChI=1S/C28H24N8O7/c1-2-3-10-29-26(39)15-11-18(20-13-35(33-31-20)22-8-4-6-16(24(22)37)27(40)41)30-19(12-15)21-14-36(34-32-21)23-9-5-7-17(25(23)38)28(42)43/h4-9,11-14,37-38H,2-3,10H2,1H3,(H,29,39)(H,40,41)(H,42,43). The molecule has 0 bridgehead atoms. The molecule has 0 aliphatic rings. The topological polar surface area (TPSA) is 218 Å². The summed E-state index contributed by atoms with van der Waals surface area (Å²) >= 11 is 0. The number of aromatic hydroxyl groups is 2. The zero-order valence-corrected chi connectivity index (χ0v) is 22.5. The summed E-state index contributed by atoms with van der Waals surface area (Å²) < 4.78 is 2.36. The third-order valence-corrected chi connectivity index (χ3v) is 6.40. The van der Waals surface area contributed by atoms with Crippen molar-refractivity contribution in [1.82, 2.24) is 40.3 Å². The lowest BCUT2D eigenvalue weighted by molar-refractivity contribution is 0.0682. The summed E-state index contributed by atoms with van der Waals surface area (Å²) in [5.41, 5.74) is 0.552. The Labute approximate surface area is 242 Å². The minimum Gasteiger partial charge on any atom is -0.505 e. The highest BCUT2D eigenvalue weighted by atomic mass is 16.4. The number of carbonyl (C=O) groups is 3. The zero-order chi connectivity index (χ0) is 30.7. The molecule has 0 unspecified atom stereocenters. The van der Waals surface area contributed by atoms with E-state index in [1.165, 1.54) is 70.3 Å². The zero-order valence-electron chi connectivity index (χ0n) is 22.5. The van der Waals surface area contributed by atoms with Crippen molar-refractivity contribution in [3.8, 4) is 45.6 Å². The second kappa shape index (κ2) is 11.8. The van der Waals surface area contributed by atoms with E-state index < -0.39 is 23.4 Å². The number of unbranched alkanes of at least 4 members (excludes halogenated alkanes) is 1. The van der Waals surface area contributed by atoms with Crippen molar-refractivity contribution >= 4 is 17.8 Å². The van der Waals surface area contributed by atoms with Crippen LogP contribution in [0.5, 0.6) is 11.5 Å². The first-order chi connectivity index (χ1) is 20.7. The number of rotatable bonds is 10. The van der Waals surface area contributed by atoms with E-state index in [2.05, 4.69) is 30.9 Å². The number of phenols is 2. The van der Waals surface area contributed by atoms with Crippen molar-refractivity contribution < 1.29 is 34.8 Å². The predicted octanol–water partition coefficient (Wildman–Crippen LogP) is 2.91. The van der Waals surface area contributed by atoms with Crippen molar-refractivity contribution in [3.05, 3.63) is 77.6 Å². The van der Waals surface area contributed by atoms with Crippen LogP contribution in [0.3, 0.4) is 0 Å². The summed E-state index contributed by atoms with van der Waals surface area (Å²) in [5, 5.41) is 58.7. The van der Waals surface area contributed by atoms with Crippen LogP contribution in [-0.4, -0.2) is 79.8 Å². The Balaban J connectivity index is 1.57. The number of hydrogen-bond donors (Lipinski definition) is 5. The molecular formula is C28H24N8O7. The molecule has 3 aromatic heterocycles. The average molecular weight is 585 g/mol. The first-order valence-electron chi connectivity index (χ1n) is 12.9. The molecule has 0 aliphatic heterocycles. The van der Waals surface area contributed by atoms with Gasteiger partial charge in [0.15, 0.2) is 11.5 Å². The summed E-state index contributed by atoms with van der Waals surface area (Å²) in [6.07, 6.45) is 4.48. The summed E-state index contributed by atoms with van der Waals surface area (Å²) in [5.74, 6) is -4.02. The summed E-state index contributed by atoms with van der Waals surface area (Å²) in [6.45, 7) is 2.45. The van der Waals surface area contributed by atoms with Gasteiger partial charge in [-0.1, -0.05) is 35.9 Å².